The summed E-state index contributed by atoms with van der Waals surface area (Å²) in [6, 6.07) is 8.35. The van der Waals surface area contributed by atoms with Gasteiger partial charge in [-0.2, -0.15) is 0 Å². The van der Waals surface area contributed by atoms with E-state index in [1.54, 1.807) is 30.3 Å². The molecule has 0 spiro atoms. The Labute approximate surface area is 89.7 Å². The van der Waals surface area contributed by atoms with E-state index in [0.29, 0.717) is 17.7 Å². The van der Waals surface area contributed by atoms with Crippen LogP contribution < -0.4 is 0 Å². The molecule has 2 atom stereocenters. The molecule has 3 nitrogen and oxygen atoms in total. The van der Waals surface area contributed by atoms with Gasteiger partial charge in [-0.25, -0.2) is 8.42 Å². The summed E-state index contributed by atoms with van der Waals surface area (Å²) in [6.07, 6.45) is 1.25. The van der Waals surface area contributed by atoms with Crippen LogP contribution in [0.5, 0.6) is 0 Å². The van der Waals surface area contributed by atoms with Gasteiger partial charge in [0.15, 0.2) is 9.84 Å². The highest BCUT2D eigenvalue weighted by Gasteiger charge is 2.37. The van der Waals surface area contributed by atoms with Gasteiger partial charge in [-0.15, -0.1) is 0 Å². The number of hydrogen-bond acceptors (Lipinski definition) is 3. The van der Waals surface area contributed by atoms with Gasteiger partial charge < -0.3 is 5.11 Å². The van der Waals surface area contributed by atoms with E-state index in [-0.39, 0.29) is 0 Å². The highest BCUT2D eigenvalue weighted by Crippen LogP contribution is 2.29. The van der Waals surface area contributed by atoms with Gasteiger partial charge in [0.2, 0.25) is 0 Å². The molecule has 1 aliphatic rings. The summed E-state index contributed by atoms with van der Waals surface area (Å²) < 4.78 is 24.2. The quantitative estimate of drug-likeness (QED) is 0.828. The largest absolute Gasteiger partial charge is 0.392 e. The van der Waals surface area contributed by atoms with Gasteiger partial charge in [-0.05, 0) is 31.4 Å². The number of rotatable bonds is 2. The molecule has 0 radical (unpaired) electrons. The van der Waals surface area contributed by atoms with Crippen molar-refractivity contribution in [3.05, 3.63) is 30.3 Å². The summed E-state index contributed by atoms with van der Waals surface area (Å²) in [5.41, 5.74) is 0. The summed E-state index contributed by atoms with van der Waals surface area (Å²) >= 11 is 0. The molecule has 1 aromatic carbocycles. The van der Waals surface area contributed by atoms with E-state index in [4.69, 9.17) is 0 Å². The van der Waals surface area contributed by atoms with Gasteiger partial charge in [0, 0.05) is 0 Å². The Hall–Kier alpha value is -0.870. The lowest BCUT2D eigenvalue weighted by atomic mass is 10.3. The third-order valence-electron chi connectivity index (χ3n) is 2.89. The second-order valence-electron chi connectivity index (χ2n) is 3.89. The lowest BCUT2D eigenvalue weighted by Gasteiger charge is -2.15. The Morgan fingerprint density at radius 1 is 1.13 bits per heavy atom. The number of sulfone groups is 1. The fourth-order valence-electron chi connectivity index (χ4n) is 2.05. The maximum Gasteiger partial charge on any atom is 0.183 e. The first-order chi connectivity index (χ1) is 7.12. The SMILES string of the molecule is O=S(=O)(c1ccccc1)C1CCCC1O. The number of aliphatic hydroxyl groups excluding tert-OH is 1. The summed E-state index contributed by atoms with van der Waals surface area (Å²) in [5.74, 6) is 0. The molecule has 0 bridgehead atoms. The Bertz CT molecular complexity index is 424. The molecular weight excluding hydrogens is 212 g/mol. The third kappa shape index (κ3) is 1.92. The second-order valence-corrected chi connectivity index (χ2v) is 6.06. The maximum absolute atomic E-state index is 12.1. The molecule has 15 heavy (non-hydrogen) atoms. The topological polar surface area (TPSA) is 54.4 Å². The number of aliphatic hydroxyl groups is 1. The van der Waals surface area contributed by atoms with E-state index < -0.39 is 21.2 Å². The van der Waals surface area contributed by atoms with Crippen molar-refractivity contribution in [2.75, 3.05) is 0 Å². The first-order valence-electron chi connectivity index (χ1n) is 5.09. The van der Waals surface area contributed by atoms with Crippen LogP contribution >= 0.6 is 0 Å². The molecule has 1 N–H and O–H groups in total. The Kier molecular flexibility index (Phi) is 2.80. The fraction of sp³-hybridized carbons (Fsp3) is 0.455. The smallest absolute Gasteiger partial charge is 0.183 e. The number of hydrogen-bond donors (Lipinski definition) is 1. The second kappa shape index (κ2) is 3.94. The van der Waals surface area contributed by atoms with Crippen molar-refractivity contribution in [2.24, 2.45) is 0 Å². The van der Waals surface area contributed by atoms with Crippen LogP contribution in [0.2, 0.25) is 0 Å². The maximum atomic E-state index is 12.1. The minimum absolute atomic E-state index is 0.316. The van der Waals surface area contributed by atoms with Gasteiger partial charge in [0.05, 0.1) is 16.2 Å². The van der Waals surface area contributed by atoms with Gasteiger partial charge >= 0.3 is 0 Å². The predicted octanol–water partition coefficient (Wildman–Crippen LogP) is 1.37. The molecule has 1 fully saturated rings. The molecule has 82 valence electrons. The Balaban J connectivity index is 2.35. The van der Waals surface area contributed by atoms with E-state index in [1.807, 2.05) is 0 Å². The van der Waals surface area contributed by atoms with Crippen molar-refractivity contribution in [2.45, 2.75) is 35.5 Å². The molecule has 2 rings (SSSR count). The van der Waals surface area contributed by atoms with Crippen molar-refractivity contribution in [1.29, 1.82) is 0 Å². The van der Waals surface area contributed by atoms with Crippen LogP contribution in [0.15, 0.2) is 35.2 Å². The molecule has 1 saturated carbocycles. The first-order valence-corrected chi connectivity index (χ1v) is 6.64. The van der Waals surface area contributed by atoms with Gasteiger partial charge in [0.1, 0.15) is 0 Å². The average molecular weight is 226 g/mol. The van der Waals surface area contributed by atoms with E-state index in [2.05, 4.69) is 0 Å². The van der Waals surface area contributed by atoms with Crippen LogP contribution in [0.3, 0.4) is 0 Å². The average Bonchev–Trinajstić information content (AvgIpc) is 2.66. The predicted molar refractivity (Wildman–Crippen MR) is 57.3 cm³/mol. The first kappa shape index (κ1) is 10.6. The summed E-state index contributed by atoms with van der Waals surface area (Å²) in [6.45, 7) is 0. The zero-order valence-electron chi connectivity index (χ0n) is 8.33. The van der Waals surface area contributed by atoms with Gasteiger partial charge in [-0.3, -0.25) is 0 Å². The minimum Gasteiger partial charge on any atom is -0.392 e. The molecular formula is C11H14O3S. The molecule has 0 aromatic heterocycles. The van der Waals surface area contributed by atoms with Crippen LogP contribution in [0.25, 0.3) is 0 Å². The van der Waals surface area contributed by atoms with Crippen molar-refractivity contribution in [3.63, 3.8) is 0 Å². The standard InChI is InChI=1S/C11H14O3S/c12-10-7-4-8-11(10)15(13,14)9-5-2-1-3-6-9/h1-3,5-6,10-12H,4,7-8H2. The minimum atomic E-state index is -3.34. The van der Waals surface area contributed by atoms with Crippen LogP contribution in [0, 0.1) is 0 Å². The van der Waals surface area contributed by atoms with Crippen LogP contribution in [0.1, 0.15) is 19.3 Å². The van der Waals surface area contributed by atoms with E-state index in [1.165, 1.54) is 0 Å². The number of benzene rings is 1. The monoisotopic (exact) mass is 226 g/mol. The zero-order chi connectivity index (χ0) is 10.9. The van der Waals surface area contributed by atoms with E-state index in [0.717, 1.165) is 6.42 Å². The normalized spacial score (nSPS) is 26.7. The van der Waals surface area contributed by atoms with E-state index >= 15 is 0 Å². The van der Waals surface area contributed by atoms with Crippen LogP contribution in [-0.2, 0) is 9.84 Å². The lowest BCUT2D eigenvalue weighted by Crippen LogP contribution is -2.29. The van der Waals surface area contributed by atoms with Crippen LogP contribution in [-0.4, -0.2) is 24.9 Å². The third-order valence-corrected chi connectivity index (χ3v) is 5.16. The van der Waals surface area contributed by atoms with Gasteiger partial charge in [-0.1, -0.05) is 18.2 Å². The fourth-order valence-corrected chi connectivity index (χ4v) is 3.97. The van der Waals surface area contributed by atoms with Crippen molar-refractivity contribution < 1.29 is 13.5 Å². The lowest BCUT2D eigenvalue weighted by molar-refractivity contribution is 0.185. The molecule has 4 heteroatoms. The van der Waals surface area contributed by atoms with Crippen molar-refractivity contribution >= 4 is 9.84 Å². The Morgan fingerprint density at radius 2 is 1.80 bits per heavy atom. The highest BCUT2D eigenvalue weighted by molar-refractivity contribution is 7.92. The van der Waals surface area contributed by atoms with Crippen LogP contribution in [0.4, 0.5) is 0 Å². The molecule has 2 unspecified atom stereocenters. The highest BCUT2D eigenvalue weighted by atomic mass is 32.2. The van der Waals surface area contributed by atoms with Gasteiger partial charge in [0.25, 0.3) is 0 Å². The molecule has 1 aliphatic carbocycles. The molecule has 1 aromatic rings. The molecule has 0 aliphatic heterocycles. The summed E-state index contributed by atoms with van der Waals surface area (Å²) in [7, 11) is -3.34. The summed E-state index contributed by atoms with van der Waals surface area (Å²) in [4.78, 5) is 0.316. The molecule has 0 amide bonds. The van der Waals surface area contributed by atoms with E-state index in [9.17, 15) is 13.5 Å². The molecule has 0 heterocycles. The summed E-state index contributed by atoms with van der Waals surface area (Å²) in [5, 5.41) is 9.00. The van der Waals surface area contributed by atoms with Crippen molar-refractivity contribution in [3.8, 4) is 0 Å². The van der Waals surface area contributed by atoms with Crippen molar-refractivity contribution in [1.82, 2.24) is 0 Å². The zero-order valence-corrected chi connectivity index (χ0v) is 9.15. The Morgan fingerprint density at radius 3 is 2.33 bits per heavy atom. The molecule has 0 saturated heterocycles.